The highest BCUT2D eigenvalue weighted by molar-refractivity contribution is 5.97. The van der Waals surface area contributed by atoms with Gasteiger partial charge in [0.1, 0.15) is 0 Å². The van der Waals surface area contributed by atoms with E-state index < -0.39 is 29.6 Å². The molecule has 5 nitrogen and oxygen atoms in total. The van der Waals surface area contributed by atoms with Crippen molar-refractivity contribution in [3.8, 4) is 6.07 Å². The van der Waals surface area contributed by atoms with Gasteiger partial charge in [0.2, 0.25) is 0 Å². The average Bonchev–Trinajstić information content (AvgIpc) is 2.12. The Kier molecular flexibility index (Phi) is 3.76. The molecule has 0 aliphatic carbocycles. The molecule has 0 bridgehead atoms. The van der Waals surface area contributed by atoms with E-state index in [1.165, 1.54) is 13.8 Å². The van der Waals surface area contributed by atoms with Gasteiger partial charge >= 0.3 is 11.9 Å². The van der Waals surface area contributed by atoms with Crippen LogP contribution in [0.4, 0.5) is 0 Å². The van der Waals surface area contributed by atoms with Crippen molar-refractivity contribution in [1.82, 2.24) is 0 Å². The molecule has 0 amide bonds. The van der Waals surface area contributed by atoms with Crippen LogP contribution in [-0.2, 0) is 19.1 Å². The van der Waals surface area contributed by atoms with Crippen LogP contribution in [0.1, 0.15) is 34.1 Å². The molecule has 1 saturated heterocycles. The van der Waals surface area contributed by atoms with Gasteiger partial charge in [-0.1, -0.05) is 13.8 Å². The van der Waals surface area contributed by atoms with Crippen LogP contribution >= 0.6 is 0 Å². The molecule has 17 heavy (non-hydrogen) atoms. The number of rotatable bonds is 3. The van der Waals surface area contributed by atoms with E-state index in [-0.39, 0.29) is 5.92 Å². The molecule has 0 saturated carbocycles. The van der Waals surface area contributed by atoms with Gasteiger partial charge in [-0.25, -0.2) is 0 Å². The Hall–Kier alpha value is -1.57. The van der Waals surface area contributed by atoms with Crippen LogP contribution in [0.3, 0.4) is 0 Å². The van der Waals surface area contributed by atoms with E-state index in [9.17, 15) is 9.59 Å². The van der Waals surface area contributed by atoms with Crippen LogP contribution in [-0.4, -0.2) is 17.7 Å². The third kappa shape index (κ3) is 3.19. The molecule has 5 heteroatoms. The second-order valence-corrected chi connectivity index (χ2v) is 5.08. The number of carbonyl (C=O) groups is 2. The molecule has 1 aliphatic rings. The lowest BCUT2D eigenvalue weighted by Crippen LogP contribution is -2.48. The summed E-state index contributed by atoms with van der Waals surface area (Å²) in [5.41, 5.74) is 0. The number of esters is 2. The van der Waals surface area contributed by atoms with Gasteiger partial charge in [0, 0.05) is 13.8 Å². The molecule has 94 valence electrons. The Morgan fingerprint density at radius 2 is 1.76 bits per heavy atom. The lowest BCUT2D eigenvalue weighted by Gasteiger charge is -2.34. The summed E-state index contributed by atoms with van der Waals surface area (Å²) in [5, 5.41) is 9.03. The van der Waals surface area contributed by atoms with Gasteiger partial charge in [0.15, 0.2) is 5.92 Å². The zero-order valence-corrected chi connectivity index (χ0v) is 10.5. The molecule has 0 aromatic heterocycles. The van der Waals surface area contributed by atoms with Crippen LogP contribution in [0.5, 0.6) is 0 Å². The van der Waals surface area contributed by atoms with Crippen LogP contribution in [0.15, 0.2) is 0 Å². The fourth-order valence-corrected chi connectivity index (χ4v) is 1.83. The number of nitriles is 1. The van der Waals surface area contributed by atoms with Gasteiger partial charge in [0.25, 0.3) is 5.79 Å². The van der Waals surface area contributed by atoms with E-state index in [0.29, 0.717) is 6.42 Å². The van der Waals surface area contributed by atoms with E-state index in [1.807, 2.05) is 19.9 Å². The van der Waals surface area contributed by atoms with Gasteiger partial charge in [-0.2, -0.15) is 5.26 Å². The normalized spacial score (nSPS) is 21.6. The average molecular weight is 239 g/mol. The first-order valence-corrected chi connectivity index (χ1v) is 5.62. The zero-order chi connectivity index (χ0) is 13.2. The Morgan fingerprint density at radius 3 is 2.12 bits per heavy atom. The Morgan fingerprint density at radius 1 is 1.29 bits per heavy atom. The minimum Gasteiger partial charge on any atom is -0.422 e. The van der Waals surface area contributed by atoms with Crippen LogP contribution in [0.25, 0.3) is 0 Å². The molecule has 0 radical (unpaired) electrons. The maximum atomic E-state index is 11.7. The Labute approximate surface area is 101 Å². The van der Waals surface area contributed by atoms with Crippen molar-refractivity contribution in [3.63, 3.8) is 0 Å². The highest BCUT2D eigenvalue weighted by Gasteiger charge is 2.47. The van der Waals surface area contributed by atoms with Gasteiger partial charge in [0.05, 0.1) is 12.0 Å². The van der Waals surface area contributed by atoms with E-state index in [4.69, 9.17) is 14.7 Å². The topological polar surface area (TPSA) is 76.4 Å². The summed E-state index contributed by atoms with van der Waals surface area (Å²) < 4.78 is 9.98. The van der Waals surface area contributed by atoms with E-state index >= 15 is 0 Å². The molecule has 0 unspecified atom stereocenters. The lowest BCUT2D eigenvalue weighted by molar-refractivity contribution is -0.241. The zero-order valence-electron chi connectivity index (χ0n) is 10.5. The summed E-state index contributed by atoms with van der Waals surface area (Å²) in [4.78, 5) is 23.5. The molecule has 0 N–H and O–H groups in total. The predicted molar refractivity (Wildman–Crippen MR) is 58.3 cm³/mol. The number of cyclic esters (lactones) is 2. The molecule has 1 rings (SSSR count). The summed E-state index contributed by atoms with van der Waals surface area (Å²) in [6.45, 7) is 6.83. The SMILES string of the molecule is CC(C)C[C@H](C#N)C1C(=O)OC(C)(C)OC1=O. The van der Waals surface area contributed by atoms with Crippen LogP contribution < -0.4 is 0 Å². The van der Waals surface area contributed by atoms with Crippen molar-refractivity contribution in [2.75, 3.05) is 0 Å². The summed E-state index contributed by atoms with van der Waals surface area (Å²) >= 11 is 0. The van der Waals surface area contributed by atoms with E-state index in [2.05, 4.69) is 0 Å². The highest BCUT2D eigenvalue weighted by Crippen LogP contribution is 2.30. The predicted octanol–water partition coefficient (Wildman–Crippen LogP) is 1.62. The quantitative estimate of drug-likeness (QED) is 0.552. The Bertz CT molecular complexity index is 347. The standard InChI is InChI=1S/C12H17NO4/c1-7(2)5-8(6-13)9-10(14)16-12(3,4)17-11(9)15/h7-9H,5H2,1-4H3/t8-/m1/s1. The minimum absolute atomic E-state index is 0.218. The summed E-state index contributed by atoms with van der Waals surface area (Å²) in [6.07, 6.45) is 0.464. The molecule has 1 heterocycles. The fraction of sp³-hybridized carbons (Fsp3) is 0.750. The van der Waals surface area contributed by atoms with Gasteiger partial charge in [-0.3, -0.25) is 9.59 Å². The van der Waals surface area contributed by atoms with Crippen molar-refractivity contribution < 1.29 is 19.1 Å². The van der Waals surface area contributed by atoms with E-state index in [1.54, 1.807) is 0 Å². The van der Waals surface area contributed by atoms with Crippen molar-refractivity contribution in [2.24, 2.45) is 17.8 Å². The van der Waals surface area contributed by atoms with Crippen molar-refractivity contribution in [3.05, 3.63) is 0 Å². The minimum atomic E-state index is -1.23. The highest BCUT2D eigenvalue weighted by atomic mass is 16.7. The first-order valence-electron chi connectivity index (χ1n) is 5.62. The molecule has 1 fully saturated rings. The fourth-order valence-electron chi connectivity index (χ4n) is 1.83. The molecular weight excluding hydrogens is 222 g/mol. The summed E-state index contributed by atoms with van der Waals surface area (Å²) in [7, 11) is 0. The van der Waals surface area contributed by atoms with Gasteiger partial charge in [-0.05, 0) is 12.3 Å². The van der Waals surface area contributed by atoms with Crippen molar-refractivity contribution >= 4 is 11.9 Å². The maximum Gasteiger partial charge on any atom is 0.324 e. The number of nitrogens with zero attached hydrogens (tertiary/aromatic N) is 1. The smallest absolute Gasteiger partial charge is 0.324 e. The molecule has 0 aromatic rings. The van der Waals surface area contributed by atoms with Gasteiger partial charge < -0.3 is 9.47 Å². The molecular formula is C12H17NO4. The first-order chi connectivity index (χ1) is 7.76. The molecule has 0 aromatic carbocycles. The lowest BCUT2D eigenvalue weighted by atomic mass is 9.86. The molecule has 1 atom stereocenters. The van der Waals surface area contributed by atoms with Crippen molar-refractivity contribution in [2.45, 2.75) is 39.9 Å². The molecule has 1 aliphatic heterocycles. The summed E-state index contributed by atoms with van der Waals surface area (Å²) in [5.74, 6) is -4.16. The van der Waals surface area contributed by atoms with Crippen LogP contribution in [0, 0.1) is 29.1 Å². The van der Waals surface area contributed by atoms with Crippen LogP contribution in [0.2, 0.25) is 0 Å². The Balaban J connectivity index is 2.87. The number of ether oxygens (including phenoxy) is 2. The van der Waals surface area contributed by atoms with Gasteiger partial charge in [-0.15, -0.1) is 0 Å². The second kappa shape index (κ2) is 4.74. The van der Waals surface area contributed by atoms with Crippen molar-refractivity contribution in [1.29, 1.82) is 5.26 Å². The summed E-state index contributed by atoms with van der Waals surface area (Å²) in [6, 6.07) is 1.99. The second-order valence-electron chi connectivity index (χ2n) is 5.08. The largest absolute Gasteiger partial charge is 0.422 e. The molecule has 0 spiro atoms. The number of hydrogen-bond donors (Lipinski definition) is 0. The number of hydrogen-bond acceptors (Lipinski definition) is 5. The monoisotopic (exact) mass is 239 g/mol. The third-order valence-corrected chi connectivity index (χ3v) is 2.49. The first kappa shape index (κ1) is 13.5. The number of carbonyl (C=O) groups excluding carboxylic acids is 2. The maximum absolute atomic E-state index is 11.7. The third-order valence-electron chi connectivity index (χ3n) is 2.49. The van der Waals surface area contributed by atoms with E-state index in [0.717, 1.165) is 0 Å².